The van der Waals surface area contributed by atoms with Gasteiger partial charge in [0.05, 0.1) is 13.2 Å². The number of hydrogen-bond donors (Lipinski definition) is 1. The molecule has 0 unspecified atom stereocenters. The second kappa shape index (κ2) is 6.37. The van der Waals surface area contributed by atoms with Crippen LogP contribution in [0.2, 0.25) is 5.02 Å². The number of ether oxygens (including phenoxy) is 1. The zero-order chi connectivity index (χ0) is 13.8. The summed E-state index contributed by atoms with van der Waals surface area (Å²) < 4.78 is 5.27. The topological polar surface area (TPSA) is 49.8 Å². The van der Waals surface area contributed by atoms with Crippen LogP contribution in [0.25, 0.3) is 0 Å². The highest BCUT2D eigenvalue weighted by Crippen LogP contribution is 2.21. The summed E-state index contributed by atoms with van der Waals surface area (Å²) >= 11 is 6.08. The zero-order valence-electron chi connectivity index (χ0n) is 10.9. The first-order valence-electron chi connectivity index (χ1n) is 6.38. The van der Waals surface area contributed by atoms with Gasteiger partial charge in [-0.2, -0.15) is 0 Å². The normalized spacial score (nSPS) is 18.2. The van der Waals surface area contributed by atoms with Crippen LogP contribution in [0.1, 0.15) is 11.1 Å². The van der Waals surface area contributed by atoms with Crippen LogP contribution < -0.4 is 0 Å². The number of hydrogen-bond acceptors (Lipinski definition) is 3. The lowest BCUT2D eigenvalue weighted by molar-refractivity contribution is -0.145. The zero-order valence-corrected chi connectivity index (χ0v) is 11.7. The van der Waals surface area contributed by atoms with Crippen molar-refractivity contribution < 1.29 is 14.6 Å². The molecule has 1 atom stereocenters. The molecule has 0 spiro atoms. The summed E-state index contributed by atoms with van der Waals surface area (Å²) in [6, 6.07) is 5.12. The second-order valence-corrected chi connectivity index (χ2v) is 5.14. The van der Waals surface area contributed by atoms with Crippen LogP contribution in [0.15, 0.2) is 18.2 Å². The Hall–Kier alpha value is -1.10. The number of carboxylic acids is 1. The lowest BCUT2D eigenvalue weighted by Crippen LogP contribution is -2.48. The fourth-order valence-electron chi connectivity index (χ4n) is 2.34. The first-order valence-corrected chi connectivity index (χ1v) is 6.76. The van der Waals surface area contributed by atoms with Crippen molar-refractivity contribution in [3.63, 3.8) is 0 Å². The number of halogens is 1. The molecule has 0 radical (unpaired) electrons. The van der Waals surface area contributed by atoms with Crippen LogP contribution in [0.4, 0.5) is 0 Å². The molecule has 5 heteroatoms. The van der Waals surface area contributed by atoms with Gasteiger partial charge in [0.25, 0.3) is 0 Å². The monoisotopic (exact) mass is 283 g/mol. The average Bonchev–Trinajstić information content (AvgIpc) is 2.41. The minimum absolute atomic E-state index is 0.474. The van der Waals surface area contributed by atoms with Gasteiger partial charge in [-0.15, -0.1) is 0 Å². The van der Waals surface area contributed by atoms with Crippen LogP contribution in [0.5, 0.6) is 0 Å². The molecule has 0 amide bonds. The van der Waals surface area contributed by atoms with E-state index in [0.717, 1.165) is 11.1 Å². The van der Waals surface area contributed by atoms with Crippen molar-refractivity contribution in [1.29, 1.82) is 0 Å². The molecule has 1 aromatic rings. The van der Waals surface area contributed by atoms with E-state index in [-0.39, 0.29) is 0 Å². The molecular weight excluding hydrogens is 266 g/mol. The lowest BCUT2D eigenvalue weighted by Gasteiger charge is -2.32. The molecule has 1 aliphatic rings. The van der Waals surface area contributed by atoms with Crippen LogP contribution >= 0.6 is 11.6 Å². The van der Waals surface area contributed by atoms with E-state index in [4.69, 9.17) is 16.3 Å². The van der Waals surface area contributed by atoms with Crippen molar-refractivity contribution in [1.82, 2.24) is 4.90 Å². The van der Waals surface area contributed by atoms with Crippen molar-refractivity contribution in [2.75, 3.05) is 26.3 Å². The Kier molecular flexibility index (Phi) is 4.80. The van der Waals surface area contributed by atoms with Gasteiger partial charge in [0.1, 0.15) is 6.04 Å². The van der Waals surface area contributed by atoms with Gasteiger partial charge in [0.15, 0.2) is 0 Å². The molecule has 0 aromatic heterocycles. The third kappa shape index (κ3) is 3.47. The summed E-state index contributed by atoms with van der Waals surface area (Å²) in [4.78, 5) is 13.4. The van der Waals surface area contributed by atoms with Gasteiger partial charge in [-0.25, -0.2) is 0 Å². The molecule has 1 aliphatic heterocycles. The minimum atomic E-state index is -0.790. The fourth-order valence-corrected chi connectivity index (χ4v) is 2.54. The predicted octanol–water partition coefficient (Wildman–Crippen LogP) is 1.98. The lowest BCUT2D eigenvalue weighted by atomic mass is 10.00. The van der Waals surface area contributed by atoms with E-state index in [2.05, 4.69) is 0 Å². The van der Waals surface area contributed by atoms with E-state index < -0.39 is 12.0 Å². The molecule has 1 heterocycles. The molecule has 104 valence electrons. The highest BCUT2D eigenvalue weighted by atomic mass is 35.5. The molecule has 19 heavy (non-hydrogen) atoms. The maximum atomic E-state index is 11.5. The molecule has 1 saturated heterocycles. The molecule has 0 bridgehead atoms. The fraction of sp³-hybridized carbons (Fsp3) is 0.500. The SMILES string of the molecule is Cc1c(Cl)cccc1C[C@H](C(=O)O)N1CCOCC1. The van der Waals surface area contributed by atoms with Crippen LogP contribution in [-0.4, -0.2) is 48.3 Å². The second-order valence-electron chi connectivity index (χ2n) is 4.73. The predicted molar refractivity (Wildman–Crippen MR) is 73.7 cm³/mol. The molecule has 1 N–H and O–H groups in total. The Bertz CT molecular complexity index is 458. The maximum Gasteiger partial charge on any atom is 0.321 e. The molecule has 4 nitrogen and oxygen atoms in total. The third-order valence-electron chi connectivity index (χ3n) is 3.56. The number of carboxylic acid groups (broad SMARTS) is 1. The third-order valence-corrected chi connectivity index (χ3v) is 3.97. The van der Waals surface area contributed by atoms with Crippen LogP contribution in [0, 0.1) is 6.92 Å². The van der Waals surface area contributed by atoms with Crippen molar-refractivity contribution in [2.24, 2.45) is 0 Å². The van der Waals surface area contributed by atoms with Gasteiger partial charge in [-0.1, -0.05) is 23.7 Å². The molecule has 1 aromatic carbocycles. The van der Waals surface area contributed by atoms with Gasteiger partial charge in [-0.3, -0.25) is 9.69 Å². The van der Waals surface area contributed by atoms with E-state index >= 15 is 0 Å². The highest BCUT2D eigenvalue weighted by molar-refractivity contribution is 6.31. The van der Waals surface area contributed by atoms with Gasteiger partial charge in [0.2, 0.25) is 0 Å². The molecule has 0 aliphatic carbocycles. The van der Waals surface area contributed by atoms with Gasteiger partial charge in [0, 0.05) is 18.1 Å². The van der Waals surface area contributed by atoms with E-state index in [1.54, 1.807) is 0 Å². The quantitative estimate of drug-likeness (QED) is 0.918. The summed E-state index contributed by atoms with van der Waals surface area (Å²) in [7, 11) is 0. The van der Waals surface area contributed by atoms with Crippen molar-refractivity contribution in [2.45, 2.75) is 19.4 Å². The average molecular weight is 284 g/mol. The molecular formula is C14H18ClNO3. The van der Waals surface area contributed by atoms with Crippen molar-refractivity contribution >= 4 is 17.6 Å². The van der Waals surface area contributed by atoms with E-state index in [0.29, 0.717) is 37.7 Å². The minimum Gasteiger partial charge on any atom is -0.480 e. The standard InChI is InChI=1S/C14H18ClNO3/c1-10-11(3-2-4-12(10)15)9-13(14(17)18)16-5-7-19-8-6-16/h2-4,13H,5-9H2,1H3,(H,17,18)/t13-/m1/s1. The Morgan fingerprint density at radius 1 is 1.47 bits per heavy atom. The largest absolute Gasteiger partial charge is 0.480 e. The molecule has 0 saturated carbocycles. The Balaban J connectivity index is 2.16. The maximum absolute atomic E-state index is 11.5. The Labute approximate surface area is 117 Å². The summed E-state index contributed by atoms with van der Waals surface area (Å²) in [5, 5.41) is 10.1. The first-order chi connectivity index (χ1) is 9.09. The van der Waals surface area contributed by atoms with E-state index in [1.807, 2.05) is 30.0 Å². The number of benzene rings is 1. The number of rotatable bonds is 4. The molecule has 2 rings (SSSR count). The Morgan fingerprint density at radius 2 is 2.16 bits per heavy atom. The Morgan fingerprint density at radius 3 is 2.79 bits per heavy atom. The van der Waals surface area contributed by atoms with Gasteiger partial charge in [-0.05, 0) is 30.5 Å². The van der Waals surface area contributed by atoms with Crippen LogP contribution in [-0.2, 0) is 16.0 Å². The van der Waals surface area contributed by atoms with Gasteiger partial charge < -0.3 is 9.84 Å². The highest BCUT2D eigenvalue weighted by Gasteiger charge is 2.27. The number of aliphatic carboxylic acids is 1. The number of carbonyl (C=O) groups is 1. The molecule has 1 fully saturated rings. The van der Waals surface area contributed by atoms with E-state index in [1.165, 1.54) is 0 Å². The summed E-state index contributed by atoms with van der Waals surface area (Å²) in [5.41, 5.74) is 1.95. The van der Waals surface area contributed by atoms with Crippen molar-refractivity contribution in [3.05, 3.63) is 34.3 Å². The van der Waals surface area contributed by atoms with Crippen molar-refractivity contribution in [3.8, 4) is 0 Å². The first kappa shape index (κ1) is 14.3. The van der Waals surface area contributed by atoms with E-state index in [9.17, 15) is 9.90 Å². The number of nitrogens with zero attached hydrogens (tertiary/aromatic N) is 1. The van der Waals surface area contributed by atoms with Crippen LogP contribution in [0.3, 0.4) is 0 Å². The smallest absolute Gasteiger partial charge is 0.321 e. The summed E-state index contributed by atoms with van der Waals surface area (Å²) in [6.07, 6.45) is 0.474. The summed E-state index contributed by atoms with van der Waals surface area (Å²) in [6.45, 7) is 4.44. The van der Waals surface area contributed by atoms with Gasteiger partial charge >= 0.3 is 5.97 Å². The number of morpholine rings is 1. The summed E-state index contributed by atoms with van der Waals surface area (Å²) in [5.74, 6) is -0.790.